The van der Waals surface area contributed by atoms with Gasteiger partial charge < -0.3 is 15.5 Å². The van der Waals surface area contributed by atoms with Gasteiger partial charge in [-0.15, -0.1) is 0 Å². The van der Waals surface area contributed by atoms with Crippen LogP contribution in [-0.2, 0) is 15.0 Å². The fraction of sp³-hybridized carbons (Fsp3) is 0.667. The summed E-state index contributed by atoms with van der Waals surface area (Å²) in [5.74, 6) is -0.511. The van der Waals surface area contributed by atoms with Crippen molar-refractivity contribution in [2.75, 3.05) is 32.7 Å². The number of nitrogens with zero attached hydrogens (tertiary/aromatic N) is 3. The van der Waals surface area contributed by atoms with Crippen LogP contribution in [0, 0.1) is 12.3 Å². The lowest BCUT2D eigenvalue weighted by atomic mass is 9.74. The summed E-state index contributed by atoms with van der Waals surface area (Å²) in [6.45, 7) is 6.73. The molecule has 0 aromatic carbocycles. The van der Waals surface area contributed by atoms with Crippen LogP contribution in [-0.4, -0.2) is 59.3 Å². The molecule has 0 bridgehead atoms. The topological polar surface area (TPSA) is 79.5 Å². The Hall–Kier alpha value is -1.95. The van der Waals surface area contributed by atoms with Crippen molar-refractivity contribution in [2.45, 2.75) is 50.9 Å². The molecule has 2 saturated heterocycles. The highest BCUT2D eigenvalue weighted by Crippen LogP contribution is 2.48. The molecular weight excluding hydrogens is 340 g/mol. The van der Waals surface area contributed by atoms with Gasteiger partial charge in [0.15, 0.2) is 0 Å². The van der Waals surface area contributed by atoms with Gasteiger partial charge in [0.2, 0.25) is 11.8 Å². The van der Waals surface area contributed by atoms with Crippen LogP contribution in [0.1, 0.15) is 49.8 Å². The third kappa shape index (κ3) is 3.35. The Morgan fingerprint density at radius 2 is 1.74 bits per heavy atom. The van der Waals surface area contributed by atoms with E-state index >= 15 is 0 Å². The smallest absolute Gasteiger partial charge is 0.238 e. The lowest BCUT2D eigenvalue weighted by Gasteiger charge is -2.44. The summed E-state index contributed by atoms with van der Waals surface area (Å²) in [5, 5.41) is 0. The number of hydrogen-bond donors (Lipinski definition) is 1. The van der Waals surface area contributed by atoms with Crippen LogP contribution in [0.15, 0.2) is 18.3 Å². The van der Waals surface area contributed by atoms with Crippen molar-refractivity contribution in [3.63, 3.8) is 0 Å². The van der Waals surface area contributed by atoms with Gasteiger partial charge in [0.1, 0.15) is 5.41 Å². The van der Waals surface area contributed by atoms with Gasteiger partial charge in [0, 0.05) is 36.9 Å². The maximum atomic E-state index is 12.9. The fourth-order valence-corrected chi connectivity index (χ4v) is 4.78. The molecule has 2 aliphatic heterocycles. The zero-order valence-corrected chi connectivity index (χ0v) is 16.2. The number of pyridine rings is 1. The number of carbonyl (C=O) groups excluding carboxylic acids is 2. The van der Waals surface area contributed by atoms with Gasteiger partial charge in [-0.25, -0.2) is 0 Å². The molecule has 1 saturated carbocycles. The van der Waals surface area contributed by atoms with E-state index in [2.05, 4.69) is 24.0 Å². The second kappa shape index (κ2) is 6.89. The Kier molecular flexibility index (Phi) is 4.70. The Balaban J connectivity index is 1.52. The Morgan fingerprint density at radius 1 is 1.07 bits per heavy atom. The molecule has 6 heteroatoms. The second-order valence-electron chi connectivity index (χ2n) is 8.72. The maximum absolute atomic E-state index is 12.9. The molecule has 1 aliphatic carbocycles. The van der Waals surface area contributed by atoms with E-state index in [4.69, 9.17) is 10.7 Å². The van der Waals surface area contributed by atoms with Gasteiger partial charge in [-0.1, -0.05) is 6.07 Å². The van der Waals surface area contributed by atoms with Crippen LogP contribution in [0.4, 0.5) is 0 Å². The molecule has 0 radical (unpaired) electrons. The average molecular weight is 370 g/mol. The van der Waals surface area contributed by atoms with Crippen molar-refractivity contribution in [1.29, 1.82) is 0 Å². The summed E-state index contributed by atoms with van der Waals surface area (Å²) >= 11 is 0. The molecule has 3 fully saturated rings. The Labute approximate surface area is 161 Å². The largest absolute Gasteiger partial charge is 0.369 e. The molecule has 2 N–H and O–H groups in total. The number of amides is 2. The Morgan fingerprint density at radius 3 is 2.26 bits per heavy atom. The number of aromatic nitrogens is 1. The first-order valence-corrected chi connectivity index (χ1v) is 10.2. The fourth-order valence-electron chi connectivity index (χ4n) is 4.78. The highest BCUT2D eigenvalue weighted by molar-refractivity contribution is 6.07. The average Bonchev–Trinajstić information content (AvgIpc) is 3.34. The highest BCUT2D eigenvalue weighted by Gasteiger charge is 2.57. The summed E-state index contributed by atoms with van der Waals surface area (Å²) in [6, 6.07) is 4.30. The molecule has 1 aromatic rings. The van der Waals surface area contributed by atoms with Gasteiger partial charge >= 0.3 is 0 Å². The van der Waals surface area contributed by atoms with Gasteiger partial charge in [0.25, 0.3) is 0 Å². The number of hydrogen-bond acceptors (Lipinski definition) is 4. The number of nitrogens with two attached hydrogens (primary N) is 1. The molecule has 2 amide bonds. The van der Waals surface area contributed by atoms with E-state index in [9.17, 15) is 9.59 Å². The van der Waals surface area contributed by atoms with Crippen LogP contribution in [0.5, 0.6) is 0 Å². The van der Waals surface area contributed by atoms with Crippen molar-refractivity contribution in [2.24, 2.45) is 11.1 Å². The molecule has 3 heterocycles. The molecule has 0 unspecified atom stereocenters. The van der Waals surface area contributed by atoms with Crippen molar-refractivity contribution >= 4 is 11.8 Å². The summed E-state index contributed by atoms with van der Waals surface area (Å²) < 4.78 is 0. The minimum atomic E-state index is -0.906. The van der Waals surface area contributed by atoms with E-state index in [-0.39, 0.29) is 11.3 Å². The number of carbonyl (C=O) groups is 2. The lowest BCUT2D eigenvalue weighted by molar-refractivity contribution is -0.144. The zero-order valence-electron chi connectivity index (χ0n) is 16.2. The summed E-state index contributed by atoms with van der Waals surface area (Å²) in [4.78, 5) is 33.8. The molecule has 0 atom stereocenters. The molecule has 1 aromatic heterocycles. The van der Waals surface area contributed by atoms with Crippen LogP contribution in [0.3, 0.4) is 0 Å². The third-order valence-electron chi connectivity index (χ3n) is 6.82. The van der Waals surface area contributed by atoms with Gasteiger partial charge in [-0.2, -0.15) is 0 Å². The second-order valence-corrected chi connectivity index (χ2v) is 8.72. The summed E-state index contributed by atoms with van der Waals surface area (Å²) in [7, 11) is 0. The van der Waals surface area contributed by atoms with Crippen LogP contribution < -0.4 is 5.73 Å². The minimum absolute atomic E-state index is 0.0156. The van der Waals surface area contributed by atoms with E-state index in [1.807, 2.05) is 11.1 Å². The molecule has 27 heavy (non-hydrogen) atoms. The molecule has 4 rings (SSSR count). The predicted molar refractivity (Wildman–Crippen MR) is 103 cm³/mol. The van der Waals surface area contributed by atoms with E-state index < -0.39 is 11.3 Å². The zero-order chi connectivity index (χ0) is 19.1. The van der Waals surface area contributed by atoms with Gasteiger partial charge in [-0.3, -0.25) is 14.6 Å². The predicted octanol–water partition coefficient (Wildman–Crippen LogP) is 1.61. The third-order valence-corrected chi connectivity index (χ3v) is 6.82. The monoisotopic (exact) mass is 370 g/mol. The van der Waals surface area contributed by atoms with E-state index in [1.165, 1.54) is 18.4 Å². The number of likely N-dealkylation sites (tertiary alicyclic amines) is 2. The van der Waals surface area contributed by atoms with Gasteiger partial charge in [0.05, 0.1) is 0 Å². The highest BCUT2D eigenvalue weighted by atomic mass is 16.2. The number of aryl methyl sites for hydroxylation is 1. The summed E-state index contributed by atoms with van der Waals surface area (Å²) in [6.07, 6.45) is 7.48. The lowest BCUT2D eigenvalue weighted by Crippen LogP contribution is -2.53. The minimum Gasteiger partial charge on any atom is -0.369 e. The number of piperidine rings is 1. The van der Waals surface area contributed by atoms with E-state index in [1.54, 1.807) is 0 Å². The van der Waals surface area contributed by atoms with Crippen molar-refractivity contribution in [3.8, 4) is 0 Å². The number of primary amides is 1. The van der Waals surface area contributed by atoms with Gasteiger partial charge in [-0.05, 0) is 70.2 Å². The SMILES string of the molecule is Cc1ccc(C2(CN3CCCC3)CCN(C(=O)C3(C(N)=O)CC3)CC2)nc1. The van der Waals surface area contributed by atoms with E-state index in [0.29, 0.717) is 25.9 Å². The van der Waals surface area contributed by atoms with Crippen molar-refractivity contribution in [1.82, 2.24) is 14.8 Å². The molecule has 0 spiro atoms. The summed E-state index contributed by atoms with van der Waals surface area (Å²) in [5.41, 5.74) is 6.89. The van der Waals surface area contributed by atoms with Crippen LogP contribution in [0.25, 0.3) is 0 Å². The first-order valence-electron chi connectivity index (χ1n) is 10.2. The maximum Gasteiger partial charge on any atom is 0.238 e. The van der Waals surface area contributed by atoms with Crippen LogP contribution >= 0.6 is 0 Å². The first-order chi connectivity index (χ1) is 13.0. The van der Waals surface area contributed by atoms with E-state index in [0.717, 1.165) is 38.2 Å². The Bertz CT molecular complexity index is 712. The normalized spacial score (nSPS) is 24.0. The molecular formula is C21H30N4O2. The first kappa shape index (κ1) is 18.4. The molecule has 3 aliphatic rings. The molecule has 6 nitrogen and oxygen atoms in total. The molecule has 146 valence electrons. The number of rotatable bonds is 5. The standard InChI is InChI=1S/C21H30N4O2/c1-16-4-5-17(23-14-16)20(15-24-10-2-3-11-24)8-12-25(13-9-20)19(27)21(6-7-21)18(22)26/h4-5,14H,2-3,6-13,15H2,1H3,(H2,22,26). The van der Waals surface area contributed by atoms with Crippen molar-refractivity contribution < 1.29 is 9.59 Å². The van der Waals surface area contributed by atoms with Crippen LogP contribution in [0.2, 0.25) is 0 Å². The quantitative estimate of drug-likeness (QED) is 0.799. The van der Waals surface area contributed by atoms with Crippen molar-refractivity contribution in [3.05, 3.63) is 29.6 Å².